The van der Waals surface area contributed by atoms with Crippen molar-refractivity contribution in [3.63, 3.8) is 0 Å². The normalized spacial score (nSPS) is 13.4. The number of hydrogen-bond acceptors (Lipinski definition) is 2. The van der Waals surface area contributed by atoms with Crippen molar-refractivity contribution in [3.05, 3.63) is 35.6 Å². The molecule has 0 saturated heterocycles. The fourth-order valence-corrected chi connectivity index (χ4v) is 2.04. The highest BCUT2D eigenvalue weighted by Gasteiger charge is 2.17. The fourth-order valence-electron chi connectivity index (χ4n) is 2.04. The second kappa shape index (κ2) is 6.72. The minimum atomic E-state index is -0.133. The molecule has 0 amide bonds. The van der Waals surface area contributed by atoms with Crippen LogP contribution in [-0.4, -0.2) is 31.1 Å². The van der Waals surface area contributed by atoms with Crippen LogP contribution in [0.3, 0.4) is 0 Å². The Labute approximate surface area is 104 Å². The maximum absolute atomic E-state index is 13.7. The van der Waals surface area contributed by atoms with Gasteiger partial charge in [-0.3, -0.25) is 4.90 Å². The highest BCUT2D eigenvalue weighted by molar-refractivity contribution is 5.21. The van der Waals surface area contributed by atoms with Gasteiger partial charge in [-0.15, -0.1) is 0 Å². The van der Waals surface area contributed by atoms with Crippen LogP contribution < -0.4 is 5.32 Å². The van der Waals surface area contributed by atoms with E-state index < -0.39 is 0 Å². The van der Waals surface area contributed by atoms with E-state index in [2.05, 4.69) is 31.0 Å². The first kappa shape index (κ1) is 14.1. The molecule has 0 bridgehead atoms. The third kappa shape index (κ3) is 3.79. The van der Waals surface area contributed by atoms with Gasteiger partial charge in [0, 0.05) is 24.2 Å². The molecule has 0 aliphatic heterocycles. The second-order valence-electron chi connectivity index (χ2n) is 4.54. The van der Waals surface area contributed by atoms with E-state index in [1.54, 1.807) is 6.07 Å². The molecule has 1 unspecified atom stereocenters. The highest BCUT2D eigenvalue weighted by atomic mass is 19.1. The predicted octanol–water partition coefficient (Wildman–Crippen LogP) is 2.82. The molecule has 0 aromatic heterocycles. The summed E-state index contributed by atoms with van der Waals surface area (Å²) in [5.41, 5.74) is 0.745. The summed E-state index contributed by atoms with van der Waals surface area (Å²) >= 11 is 0. The Morgan fingerprint density at radius 1 is 1.29 bits per heavy atom. The second-order valence-corrected chi connectivity index (χ2v) is 4.54. The van der Waals surface area contributed by atoms with Gasteiger partial charge in [-0.1, -0.05) is 25.1 Å². The quantitative estimate of drug-likeness (QED) is 0.820. The Kier molecular flexibility index (Phi) is 5.59. The number of halogens is 1. The number of likely N-dealkylation sites (N-methyl/N-ethyl adjacent to an activating group) is 2. The predicted molar refractivity (Wildman–Crippen MR) is 70.6 cm³/mol. The maximum atomic E-state index is 13.7. The first-order valence-corrected chi connectivity index (χ1v) is 6.25. The van der Waals surface area contributed by atoms with Crippen LogP contribution in [0.5, 0.6) is 0 Å². The monoisotopic (exact) mass is 238 g/mol. The number of rotatable bonds is 6. The van der Waals surface area contributed by atoms with Gasteiger partial charge in [-0.2, -0.15) is 0 Å². The molecule has 1 aromatic carbocycles. The van der Waals surface area contributed by atoms with E-state index in [4.69, 9.17) is 0 Å². The summed E-state index contributed by atoms with van der Waals surface area (Å²) in [6.45, 7) is 8.26. The van der Waals surface area contributed by atoms with Crippen molar-refractivity contribution in [3.8, 4) is 0 Å². The van der Waals surface area contributed by atoms with Gasteiger partial charge in [0.25, 0.3) is 0 Å². The molecule has 1 aromatic rings. The van der Waals surface area contributed by atoms with Crippen LogP contribution >= 0.6 is 0 Å². The first-order chi connectivity index (χ1) is 8.10. The minimum Gasteiger partial charge on any atom is -0.312 e. The lowest BCUT2D eigenvalue weighted by atomic mass is 10.1. The molecule has 0 aliphatic carbocycles. The topological polar surface area (TPSA) is 15.3 Å². The van der Waals surface area contributed by atoms with Gasteiger partial charge >= 0.3 is 0 Å². The standard InChI is InChI=1S/C14H23FN2/c1-5-17(11(2)3)10-14(16-4)12-8-6-7-9-13(12)15/h6-9,11,14,16H,5,10H2,1-4H3. The average molecular weight is 238 g/mol. The molecule has 1 N–H and O–H groups in total. The maximum Gasteiger partial charge on any atom is 0.128 e. The van der Waals surface area contributed by atoms with Gasteiger partial charge in [0.1, 0.15) is 5.82 Å². The summed E-state index contributed by atoms with van der Waals surface area (Å²) in [4.78, 5) is 2.33. The Bertz CT molecular complexity index is 339. The van der Waals surface area contributed by atoms with E-state index in [1.165, 1.54) is 6.07 Å². The first-order valence-electron chi connectivity index (χ1n) is 6.25. The smallest absolute Gasteiger partial charge is 0.128 e. The van der Waals surface area contributed by atoms with Crippen LogP contribution in [0.1, 0.15) is 32.4 Å². The van der Waals surface area contributed by atoms with E-state index >= 15 is 0 Å². The zero-order chi connectivity index (χ0) is 12.8. The zero-order valence-electron chi connectivity index (χ0n) is 11.2. The van der Waals surface area contributed by atoms with Crippen LogP contribution in [0.2, 0.25) is 0 Å². The van der Waals surface area contributed by atoms with Crippen LogP contribution in [0.25, 0.3) is 0 Å². The van der Waals surface area contributed by atoms with Crippen molar-refractivity contribution in [2.24, 2.45) is 0 Å². The molecule has 17 heavy (non-hydrogen) atoms. The molecule has 0 saturated carbocycles. The number of nitrogens with zero attached hydrogens (tertiary/aromatic N) is 1. The molecule has 0 aliphatic rings. The minimum absolute atomic E-state index is 0.0403. The van der Waals surface area contributed by atoms with Crippen LogP contribution in [0, 0.1) is 5.82 Å². The molecule has 3 heteroatoms. The summed E-state index contributed by atoms with van der Waals surface area (Å²) in [6.07, 6.45) is 0. The fraction of sp³-hybridized carbons (Fsp3) is 0.571. The van der Waals surface area contributed by atoms with Crippen LogP contribution in [0.4, 0.5) is 4.39 Å². The van der Waals surface area contributed by atoms with Crippen LogP contribution in [-0.2, 0) is 0 Å². The van der Waals surface area contributed by atoms with Crippen LogP contribution in [0.15, 0.2) is 24.3 Å². The summed E-state index contributed by atoms with van der Waals surface area (Å²) < 4.78 is 13.7. The van der Waals surface area contributed by atoms with Crippen molar-refractivity contribution < 1.29 is 4.39 Å². The lowest BCUT2D eigenvalue weighted by molar-refractivity contribution is 0.209. The third-order valence-electron chi connectivity index (χ3n) is 3.18. The molecule has 1 rings (SSSR count). The number of nitrogens with one attached hydrogen (secondary N) is 1. The lowest BCUT2D eigenvalue weighted by Gasteiger charge is -2.29. The summed E-state index contributed by atoms with van der Waals surface area (Å²) in [5, 5.41) is 3.20. The molecular weight excluding hydrogens is 215 g/mol. The van der Waals surface area contributed by atoms with Crippen molar-refractivity contribution in [2.75, 3.05) is 20.1 Å². The van der Waals surface area contributed by atoms with E-state index in [-0.39, 0.29) is 11.9 Å². The van der Waals surface area contributed by atoms with Crippen molar-refractivity contribution in [1.82, 2.24) is 10.2 Å². The number of hydrogen-bond donors (Lipinski definition) is 1. The van der Waals surface area contributed by atoms with Gasteiger partial charge < -0.3 is 5.32 Å². The molecule has 96 valence electrons. The number of benzene rings is 1. The average Bonchev–Trinajstić information content (AvgIpc) is 2.31. The molecule has 0 fully saturated rings. The van der Waals surface area contributed by atoms with Gasteiger partial charge in [0.2, 0.25) is 0 Å². The molecule has 0 spiro atoms. The summed E-state index contributed by atoms with van der Waals surface area (Å²) in [6, 6.07) is 7.50. The van der Waals surface area contributed by atoms with Gasteiger partial charge in [0.15, 0.2) is 0 Å². The zero-order valence-corrected chi connectivity index (χ0v) is 11.2. The Morgan fingerprint density at radius 2 is 1.94 bits per heavy atom. The van der Waals surface area contributed by atoms with Crippen molar-refractivity contribution >= 4 is 0 Å². The Hall–Kier alpha value is -0.930. The van der Waals surface area contributed by atoms with Crippen molar-refractivity contribution in [2.45, 2.75) is 32.9 Å². The summed E-state index contributed by atoms with van der Waals surface area (Å²) in [7, 11) is 1.88. The molecule has 2 nitrogen and oxygen atoms in total. The Morgan fingerprint density at radius 3 is 2.41 bits per heavy atom. The van der Waals surface area contributed by atoms with Gasteiger partial charge in [-0.25, -0.2) is 4.39 Å². The molecule has 0 radical (unpaired) electrons. The van der Waals surface area contributed by atoms with Gasteiger partial charge in [-0.05, 0) is 33.5 Å². The van der Waals surface area contributed by atoms with E-state index in [0.717, 1.165) is 18.7 Å². The largest absolute Gasteiger partial charge is 0.312 e. The molecular formula is C14H23FN2. The highest BCUT2D eigenvalue weighted by Crippen LogP contribution is 2.18. The molecule has 0 heterocycles. The van der Waals surface area contributed by atoms with Gasteiger partial charge in [0.05, 0.1) is 0 Å². The van der Waals surface area contributed by atoms with E-state index in [0.29, 0.717) is 6.04 Å². The summed E-state index contributed by atoms with van der Waals surface area (Å²) in [5.74, 6) is -0.133. The van der Waals surface area contributed by atoms with E-state index in [1.807, 2.05) is 19.2 Å². The lowest BCUT2D eigenvalue weighted by Crippen LogP contribution is -2.38. The Balaban J connectivity index is 2.82. The van der Waals surface area contributed by atoms with Crippen molar-refractivity contribution in [1.29, 1.82) is 0 Å². The SMILES string of the molecule is CCN(CC(NC)c1ccccc1F)C(C)C. The van der Waals surface area contributed by atoms with E-state index in [9.17, 15) is 4.39 Å². The molecule has 1 atom stereocenters. The third-order valence-corrected chi connectivity index (χ3v) is 3.18.